The first-order valence-electron chi connectivity index (χ1n) is 6.39. The maximum atomic E-state index is 13.2. The van der Waals surface area contributed by atoms with E-state index in [1.54, 1.807) is 6.20 Å². The van der Waals surface area contributed by atoms with Gasteiger partial charge in [-0.1, -0.05) is 19.1 Å². The topological polar surface area (TPSA) is 42.2 Å². The maximum Gasteiger partial charge on any atom is 0.141 e. The molecule has 0 fully saturated rings. The number of hydrogen-bond acceptors (Lipinski definition) is 3. The van der Waals surface area contributed by atoms with Gasteiger partial charge in [0.15, 0.2) is 0 Å². The van der Waals surface area contributed by atoms with Crippen LogP contribution in [0.4, 0.5) is 15.8 Å². The molecule has 19 heavy (non-hydrogen) atoms. The van der Waals surface area contributed by atoms with Crippen LogP contribution in [0.5, 0.6) is 0 Å². The standard InChI is InChI=1S/C15H18FN3/c1-2-7-19(15-6-4-3-5-14(15)17)11-12-8-13(16)10-18-9-12/h3-6,8-10H,2,7,11,17H2,1H3. The van der Waals surface area contributed by atoms with Gasteiger partial charge >= 0.3 is 0 Å². The quantitative estimate of drug-likeness (QED) is 0.838. The van der Waals surface area contributed by atoms with E-state index in [2.05, 4.69) is 16.8 Å². The third kappa shape index (κ3) is 3.44. The second-order valence-electron chi connectivity index (χ2n) is 4.49. The van der Waals surface area contributed by atoms with E-state index < -0.39 is 0 Å². The molecule has 1 aromatic heterocycles. The molecular weight excluding hydrogens is 241 g/mol. The summed E-state index contributed by atoms with van der Waals surface area (Å²) in [6.07, 6.45) is 3.90. The lowest BCUT2D eigenvalue weighted by molar-refractivity contribution is 0.617. The van der Waals surface area contributed by atoms with E-state index in [-0.39, 0.29) is 5.82 Å². The van der Waals surface area contributed by atoms with Crippen molar-refractivity contribution < 1.29 is 4.39 Å². The van der Waals surface area contributed by atoms with E-state index >= 15 is 0 Å². The minimum atomic E-state index is -0.310. The van der Waals surface area contributed by atoms with Crippen LogP contribution >= 0.6 is 0 Å². The van der Waals surface area contributed by atoms with Crippen LogP contribution in [0.2, 0.25) is 0 Å². The van der Waals surface area contributed by atoms with E-state index in [4.69, 9.17) is 5.73 Å². The summed E-state index contributed by atoms with van der Waals surface area (Å²) >= 11 is 0. The Kier molecular flexibility index (Phi) is 4.34. The van der Waals surface area contributed by atoms with Crippen molar-refractivity contribution in [3.8, 4) is 0 Å². The monoisotopic (exact) mass is 259 g/mol. The summed E-state index contributed by atoms with van der Waals surface area (Å²) in [6.45, 7) is 3.58. The molecule has 0 aliphatic rings. The van der Waals surface area contributed by atoms with E-state index in [0.717, 1.165) is 29.9 Å². The van der Waals surface area contributed by atoms with Crippen LogP contribution in [0.25, 0.3) is 0 Å². The highest BCUT2D eigenvalue weighted by Crippen LogP contribution is 2.24. The summed E-state index contributed by atoms with van der Waals surface area (Å²) in [6, 6.07) is 9.24. The number of pyridine rings is 1. The number of aromatic nitrogens is 1. The smallest absolute Gasteiger partial charge is 0.141 e. The molecule has 2 rings (SSSR count). The van der Waals surface area contributed by atoms with Crippen molar-refractivity contribution in [1.82, 2.24) is 4.98 Å². The van der Waals surface area contributed by atoms with Gasteiger partial charge in [0, 0.05) is 19.3 Å². The van der Waals surface area contributed by atoms with Gasteiger partial charge in [0.25, 0.3) is 0 Å². The maximum absolute atomic E-state index is 13.2. The highest BCUT2D eigenvalue weighted by atomic mass is 19.1. The fourth-order valence-electron chi connectivity index (χ4n) is 2.09. The highest BCUT2D eigenvalue weighted by Gasteiger charge is 2.09. The first-order chi connectivity index (χ1) is 9.20. The Bertz CT molecular complexity index is 542. The molecule has 0 saturated heterocycles. The van der Waals surface area contributed by atoms with E-state index in [0.29, 0.717) is 6.54 Å². The fourth-order valence-corrected chi connectivity index (χ4v) is 2.09. The lowest BCUT2D eigenvalue weighted by Crippen LogP contribution is -2.24. The molecule has 3 nitrogen and oxygen atoms in total. The van der Waals surface area contributed by atoms with E-state index in [1.165, 1.54) is 12.3 Å². The zero-order valence-corrected chi connectivity index (χ0v) is 11.0. The Morgan fingerprint density at radius 1 is 1.26 bits per heavy atom. The summed E-state index contributed by atoms with van der Waals surface area (Å²) in [7, 11) is 0. The number of nitrogens with two attached hydrogens (primary N) is 1. The third-order valence-electron chi connectivity index (χ3n) is 2.91. The lowest BCUT2D eigenvalue weighted by atomic mass is 10.2. The minimum Gasteiger partial charge on any atom is -0.397 e. The van der Waals surface area contributed by atoms with Gasteiger partial charge in [-0.3, -0.25) is 4.98 Å². The van der Waals surface area contributed by atoms with Crippen LogP contribution in [0.15, 0.2) is 42.7 Å². The van der Waals surface area contributed by atoms with Crippen LogP contribution in [0.3, 0.4) is 0 Å². The van der Waals surface area contributed by atoms with Crippen molar-refractivity contribution in [2.75, 3.05) is 17.2 Å². The number of nitrogens with zero attached hydrogens (tertiary/aromatic N) is 2. The molecule has 2 N–H and O–H groups in total. The average molecular weight is 259 g/mol. The Morgan fingerprint density at radius 3 is 2.74 bits per heavy atom. The van der Waals surface area contributed by atoms with Gasteiger partial charge in [-0.15, -0.1) is 0 Å². The number of rotatable bonds is 5. The Labute approximate surface area is 112 Å². The number of benzene rings is 1. The first kappa shape index (κ1) is 13.3. The molecule has 2 aromatic rings. The predicted molar refractivity (Wildman–Crippen MR) is 76.4 cm³/mol. The summed E-state index contributed by atoms with van der Waals surface area (Å²) in [5, 5.41) is 0. The number of para-hydroxylation sites is 2. The van der Waals surface area contributed by atoms with Crippen molar-refractivity contribution in [3.63, 3.8) is 0 Å². The van der Waals surface area contributed by atoms with Crippen LogP contribution in [-0.2, 0) is 6.54 Å². The van der Waals surface area contributed by atoms with Gasteiger partial charge in [-0.05, 0) is 30.2 Å². The molecule has 0 unspecified atom stereocenters. The molecule has 100 valence electrons. The molecule has 0 radical (unpaired) electrons. The van der Waals surface area contributed by atoms with Gasteiger partial charge in [0.1, 0.15) is 5.82 Å². The zero-order chi connectivity index (χ0) is 13.7. The molecule has 0 spiro atoms. The molecule has 0 amide bonds. The van der Waals surface area contributed by atoms with Gasteiger partial charge in [0.2, 0.25) is 0 Å². The van der Waals surface area contributed by atoms with E-state index in [9.17, 15) is 4.39 Å². The summed E-state index contributed by atoms with van der Waals surface area (Å²) in [5.74, 6) is -0.310. The molecular formula is C15H18FN3. The molecule has 0 bridgehead atoms. The second-order valence-corrected chi connectivity index (χ2v) is 4.49. The molecule has 0 saturated carbocycles. The van der Waals surface area contributed by atoms with Crippen molar-refractivity contribution in [2.45, 2.75) is 19.9 Å². The molecule has 0 aliphatic carbocycles. The first-order valence-corrected chi connectivity index (χ1v) is 6.39. The highest BCUT2D eigenvalue weighted by molar-refractivity contribution is 5.67. The normalized spacial score (nSPS) is 10.4. The number of anilines is 2. The van der Waals surface area contributed by atoms with Crippen molar-refractivity contribution in [3.05, 3.63) is 54.1 Å². The van der Waals surface area contributed by atoms with Gasteiger partial charge < -0.3 is 10.6 Å². The molecule has 1 heterocycles. The SMILES string of the molecule is CCCN(Cc1cncc(F)c1)c1ccccc1N. The zero-order valence-electron chi connectivity index (χ0n) is 11.0. The number of halogens is 1. The Hall–Kier alpha value is -2.10. The van der Waals surface area contributed by atoms with Gasteiger partial charge in [-0.2, -0.15) is 0 Å². The largest absolute Gasteiger partial charge is 0.397 e. The average Bonchev–Trinajstić information content (AvgIpc) is 2.39. The van der Waals surface area contributed by atoms with Crippen molar-refractivity contribution in [1.29, 1.82) is 0 Å². The summed E-state index contributed by atoms with van der Waals surface area (Å²) in [5.41, 5.74) is 8.56. The fraction of sp³-hybridized carbons (Fsp3) is 0.267. The Balaban J connectivity index is 2.24. The summed E-state index contributed by atoms with van der Waals surface area (Å²) < 4.78 is 13.2. The van der Waals surface area contributed by atoms with Crippen LogP contribution < -0.4 is 10.6 Å². The van der Waals surface area contributed by atoms with Crippen LogP contribution in [-0.4, -0.2) is 11.5 Å². The summed E-state index contributed by atoms with van der Waals surface area (Å²) in [4.78, 5) is 6.03. The molecule has 1 aromatic carbocycles. The third-order valence-corrected chi connectivity index (χ3v) is 2.91. The minimum absolute atomic E-state index is 0.310. The lowest BCUT2D eigenvalue weighted by Gasteiger charge is -2.25. The van der Waals surface area contributed by atoms with Crippen molar-refractivity contribution in [2.24, 2.45) is 0 Å². The van der Waals surface area contributed by atoms with Crippen LogP contribution in [0.1, 0.15) is 18.9 Å². The predicted octanol–water partition coefficient (Wildman–Crippen LogP) is 3.22. The van der Waals surface area contributed by atoms with E-state index in [1.807, 2.05) is 24.3 Å². The number of hydrogen-bond donors (Lipinski definition) is 1. The van der Waals surface area contributed by atoms with Crippen molar-refractivity contribution >= 4 is 11.4 Å². The number of nitrogen functional groups attached to an aromatic ring is 1. The van der Waals surface area contributed by atoms with Crippen LogP contribution in [0, 0.1) is 5.82 Å². The van der Waals surface area contributed by atoms with Gasteiger partial charge in [0.05, 0.1) is 17.6 Å². The molecule has 0 aliphatic heterocycles. The molecule has 0 atom stereocenters. The molecule has 4 heteroatoms. The van der Waals surface area contributed by atoms with Gasteiger partial charge in [-0.25, -0.2) is 4.39 Å². The second kappa shape index (κ2) is 6.18. The Morgan fingerprint density at radius 2 is 2.05 bits per heavy atom.